The second kappa shape index (κ2) is 11.7. The van der Waals surface area contributed by atoms with Gasteiger partial charge in [0.15, 0.2) is 0 Å². The molecule has 2 atom stereocenters. The molecule has 2 rings (SSSR count). The third kappa shape index (κ3) is 8.00. The molecule has 4 N–H and O–H groups in total. The number of nitrogens with zero attached hydrogens (tertiary/aromatic N) is 2. The first kappa shape index (κ1) is 25.4. The largest absolute Gasteiger partial charge is 0.475 e. The van der Waals surface area contributed by atoms with Crippen molar-refractivity contribution in [3.05, 3.63) is 47.5 Å². The van der Waals surface area contributed by atoms with Crippen molar-refractivity contribution in [3.63, 3.8) is 0 Å². The number of rotatable bonds is 7. The van der Waals surface area contributed by atoms with Crippen LogP contribution in [0.15, 0.2) is 42.0 Å². The lowest BCUT2D eigenvalue weighted by Crippen LogP contribution is -2.56. The normalized spacial score (nSPS) is 17.8. The number of alkyl carbamates (subject to hydrolysis) is 1. The standard InChI is InChI=1S/C22H31BN4O5/c1-22(2,3)12-17(13-24)20(28)27-10-9-25-14-18(27)15-32-21(29)26-19(23(30)31)11-16-7-5-4-6-8-16/h4-8,12,18-19,25,30-31H,9-11,14-15H2,1-3H3,(H,26,29)/b17-12+. The Morgan fingerprint density at radius 2 is 2.06 bits per heavy atom. The molecule has 1 aromatic rings. The molecule has 1 aliphatic heterocycles. The van der Waals surface area contributed by atoms with Gasteiger partial charge in [0.2, 0.25) is 0 Å². The molecule has 0 aromatic heterocycles. The summed E-state index contributed by atoms with van der Waals surface area (Å²) in [5.41, 5.74) is 0.550. The zero-order valence-electron chi connectivity index (χ0n) is 18.7. The zero-order valence-corrected chi connectivity index (χ0v) is 18.7. The quantitative estimate of drug-likeness (QED) is 0.276. The molecule has 1 aromatic carbocycles. The molecule has 172 valence electrons. The fraction of sp³-hybridized carbons (Fsp3) is 0.500. The molecule has 1 fully saturated rings. The third-order valence-corrected chi connectivity index (χ3v) is 4.91. The number of hydrogen-bond donors (Lipinski definition) is 4. The Morgan fingerprint density at radius 3 is 2.66 bits per heavy atom. The molecule has 10 heteroatoms. The van der Waals surface area contributed by atoms with E-state index in [0.717, 1.165) is 5.56 Å². The second-order valence-electron chi connectivity index (χ2n) is 8.84. The highest BCUT2D eigenvalue weighted by atomic mass is 16.5. The summed E-state index contributed by atoms with van der Waals surface area (Å²) in [7, 11) is -1.77. The Balaban J connectivity index is 1.99. The highest BCUT2D eigenvalue weighted by molar-refractivity contribution is 6.43. The van der Waals surface area contributed by atoms with Crippen LogP contribution in [0.25, 0.3) is 0 Å². The van der Waals surface area contributed by atoms with Gasteiger partial charge in [-0.2, -0.15) is 5.26 Å². The summed E-state index contributed by atoms with van der Waals surface area (Å²) in [4.78, 5) is 26.8. The number of carbonyl (C=O) groups excluding carboxylic acids is 2. The lowest BCUT2D eigenvalue weighted by Gasteiger charge is -2.36. The molecule has 1 heterocycles. The molecule has 0 saturated carbocycles. The van der Waals surface area contributed by atoms with Crippen LogP contribution in [-0.4, -0.2) is 72.3 Å². The topological polar surface area (TPSA) is 135 Å². The van der Waals surface area contributed by atoms with Gasteiger partial charge in [-0.1, -0.05) is 57.2 Å². The van der Waals surface area contributed by atoms with E-state index in [1.165, 1.54) is 4.90 Å². The Morgan fingerprint density at radius 1 is 1.38 bits per heavy atom. The summed E-state index contributed by atoms with van der Waals surface area (Å²) in [6, 6.07) is 10.6. The van der Waals surface area contributed by atoms with E-state index >= 15 is 0 Å². The van der Waals surface area contributed by atoms with Gasteiger partial charge in [0.05, 0.1) is 12.0 Å². The van der Waals surface area contributed by atoms with Crippen LogP contribution in [-0.2, 0) is 16.0 Å². The van der Waals surface area contributed by atoms with Gasteiger partial charge in [-0.05, 0) is 17.4 Å². The van der Waals surface area contributed by atoms with Gasteiger partial charge in [0.25, 0.3) is 5.91 Å². The molecule has 0 radical (unpaired) electrons. The number of nitrogens with one attached hydrogen (secondary N) is 2. The molecule has 9 nitrogen and oxygen atoms in total. The first-order valence-electron chi connectivity index (χ1n) is 10.6. The first-order valence-corrected chi connectivity index (χ1v) is 10.6. The molecule has 0 aliphatic carbocycles. The van der Waals surface area contributed by atoms with Crippen LogP contribution in [0, 0.1) is 16.7 Å². The number of piperazine rings is 1. The van der Waals surface area contributed by atoms with E-state index in [4.69, 9.17) is 4.74 Å². The lowest BCUT2D eigenvalue weighted by atomic mass is 9.76. The van der Waals surface area contributed by atoms with Crippen molar-refractivity contribution in [3.8, 4) is 6.07 Å². The van der Waals surface area contributed by atoms with E-state index in [9.17, 15) is 24.9 Å². The number of ether oxygens (including phenoxy) is 1. The summed E-state index contributed by atoms with van der Waals surface area (Å²) in [6.45, 7) is 6.97. The van der Waals surface area contributed by atoms with Crippen molar-refractivity contribution >= 4 is 19.1 Å². The maximum absolute atomic E-state index is 12.9. The molecule has 2 amide bonds. The van der Waals surface area contributed by atoms with E-state index in [1.54, 1.807) is 6.08 Å². The predicted octanol–water partition coefficient (Wildman–Crippen LogP) is 0.632. The Hall–Kier alpha value is -2.87. The van der Waals surface area contributed by atoms with Crippen LogP contribution in [0.3, 0.4) is 0 Å². The van der Waals surface area contributed by atoms with E-state index in [1.807, 2.05) is 57.2 Å². The fourth-order valence-corrected chi connectivity index (χ4v) is 3.37. The highest BCUT2D eigenvalue weighted by Gasteiger charge is 2.31. The number of nitriles is 1. The van der Waals surface area contributed by atoms with Crippen molar-refractivity contribution < 1.29 is 24.4 Å². The molecule has 32 heavy (non-hydrogen) atoms. The van der Waals surface area contributed by atoms with Crippen LogP contribution in [0.4, 0.5) is 4.79 Å². The summed E-state index contributed by atoms with van der Waals surface area (Å²) in [5.74, 6) is -1.35. The molecule has 2 unspecified atom stereocenters. The first-order chi connectivity index (χ1) is 15.1. The van der Waals surface area contributed by atoms with Gasteiger partial charge in [0.1, 0.15) is 18.2 Å². The van der Waals surface area contributed by atoms with Crippen molar-refractivity contribution in [2.45, 2.75) is 39.2 Å². The van der Waals surface area contributed by atoms with Crippen LogP contribution < -0.4 is 10.6 Å². The molecule has 1 aliphatic rings. The van der Waals surface area contributed by atoms with E-state index in [2.05, 4.69) is 10.6 Å². The number of hydrogen-bond acceptors (Lipinski definition) is 7. The molecular weight excluding hydrogens is 411 g/mol. The average molecular weight is 442 g/mol. The smallest absolute Gasteiger partial charge is 0.447 e. The van der Waals surface area contributed by atoms with Gasteiger partial charge < -0.3 is 30.3 Å². The van der Waals surface area contributed by atoms with Crippen molar-refractivity contribution in [2.24, 2.45) is 5.41 Å². The number of amides is 2. The van der Waals surface area contributed by atoms with E-state index in [-0.39, 0.29) is 24.0 Å². The number of benzene rings is 1. The van der Waals surface area contributed by atoms with Crippen molar-refractivity contribution in [1.29, 1.82) is 5.26 Å². The third-order valence-electron chi connectivity index (χ3n) is 4.91. The Labute approximate surface area is 189 Å². The van der Waals surface area contributed by atoms with Gasteiger partial charge in [-0.3, -0.25) is 4.79 Å². The summed E-state index contributed by atoms with van der Waals surface area (Å²) >= 11 is 0. The predicted molar refractivity (Wildman–Crippen MR) is 120 cm³/mol. The molecule has 0 spiro atoms. The minimum absolute atomic E-state index is 0.0557. The van der Waals surface area contributed by atoms with Gasteiger partial charge in [-0.15, -0.1) is 0 Å². The van der Waals surface area contributed by atoms with E-state index in [0.29, 0.717) is 19.6 Å². The Kier molecular flexibility index (Phi) is 9.26. The second-order valence-corrected chi connectivity index (χ2v) is 8.84. The summed E-state index contributed by atoms with van der Waals surface area (Å²) in [6.07, 6.45) is 1.04. The van der Waals surface area contributed by atoms with Crippen LogP contribution in [0.5, 0.6) is 0 Å². The summed E-state index contributed by atoms with van der Waals surface area (Å²) in [5, 5.41) is 34.3. The summed E-state index contributed by atoms with van der Waals surface area (Å²) < 4.78 is 5.29. The van der Waals surface area contributed by atoms with Crippen molar-refractivity contribution in [1.82, 2.24) is 15.5 Å². The van der Waals surface area contributed by atoms with Crippen LogP contribution in [0.1, 0.15) is 26.3 Å². The minimum atomic E-state index is -1.77. The highest BCUT2D eigenvalue weighted by Crippen LogP contribution is 2.19. The lowest BCUT2D eigenvalue weighted by molar-refractivity contribution is -0.130. The number of allylic oxidation sites excluding steroid dienone is 1. The minimum Gasteiger partial charge on any atom is -0.447 e. The van der Waals surface area contributed by atoms with Gasteiger partial charge >= 0.3 is 13.2 Å². The maximum Gasteiger partial charge on any atom is 0.475 e. The van der Waals surface area contributed by atoms with Crippen LogP contribution >= 0.6 is 0 Å². The SMILES string of the molecule is CC(C)(C)/C=C(\C#N)C(=O)N1CCNCC1COC(=O)NC(Cc1ccccc1)B(O)O. The van der Waals surface area contributed by atoms with Gasteiger partial charge in [0, 0.05) is 19.6 Å². The van der Waals surface area contributed by atoms with Crippen molar-refractivity contribution in [2.75, 3.05) is 26.2 Å². The Bertz CT molecular complexity index is 848. The molecule has 0 bridgehead atoms. The number of carbonyl (C=O) groups is 2. The van der Waals surface area contributed by atoms with Gasteiger partial charge in [-0.25, -0.2) is 4.79 Å². The maximum atomic E-state index is 12.9. The molecule has 1 saturated heterocycles. The molecular formula is C22H31BN4O5. The van der Waals surface area contributed by atoms with Crippen LogP contribution in [0.2, 0.25) is 0 Å². The zero-order chi connectivity index (χ0) is 23.7. The van der Waals surface area contributed by atoms with E-state index < -0.39 is 31.1 Å². The monoisotopic (exact) mass is 442 g/mol. The fourth-order valence-electron chi connectivity index (χ4n) is 3.37. The average Bonchev–Trinajstić information content (AvgIpc) is 2.75.